The lowest BCUT2D eigenvalue weighted by molar-refractivity contribution is -0.726. The molecule has 1 spiro atoms. The van der Waals surface area contributed by atoms with Gasteiger partial charge in [-0.1, -0.05) is 105 Å². The molecular formula is C43H53N2+. The Morgan fingerprint density at radius 3 is 2.24 bits per heavy atom. The molecule has 2 aliphatic carbocycles. The first-order valence-electron chi connectivity index (χ1n) is 17.9. The number of allylic oxidation sites excluding steroid dienone is 4. The standard InChI is InChI=1S/C43H53N2/c1-11-27(12-2)30-21-31(28(13-3)14-4)25-43(24-30)34-22-29-17-15-16-18-32(29)39-38(34)40-37-33(42(39,9)10)23-36(41(7,8)26(5)6)44-35(37)19-20-45(40)43/h15-24,26-28H,11-14,25H2,1-10H3/q+1. The van der Waals surface area contributed by atoms with Crippen LogP contribution in [0.4, 0.5) is 0 Å². The molecule has 1 atom stereocenters. The summed E-state index contributed by atoms with van der Waals surface area (Å²) >= 11 is 0. The zero-order valence-electron chi connectivity index (χ0n) is 29.4. The van der Waals surface area contributed by atoms with Crippen LogP contribution in [0.1, 0.15) is 124 Å². The Morgan fingerprint density at radius 1 is 0.889 bits per heavy atom. The van der Waals surface area contributed by atoms with E-state index in [9.17, 15) is 0 Å². The minimum Gasteiger partial charge on any atom is -0.252 e. The number of pyridine rings is 2. The van der Waals surface area contributed by atoms with E-state index in [0.29, 0.717) is 17.8 Å². The normalized spacial score (nSPS) is 19.8. The summed E-state index contributed by atoms with van der Waals surface area (Å²) < 4.78 is 2.70. The van der Waals surface area contributed by atoms with Crippen LogP contribution < -0.4 is 4.57 Å². The molecule has 2 nitrogen and oxygen atoms in total. The highest BCUT2D eigenvalue weighted by Gasteiger charge is 2.57. The van der Waals surface area contributed by atoms with Gasteiger partial charge >= 0.3 is 0 Å². The van der Waals surface area contributed by atoms with Crippen molar-refractivity contribution in [2.24, 2.45) is 17.8 Å². The number of hydrogen-bond acceptors (Lipinski definition) is 1. The van der Waals surface area contributed by atoms with Crippen LogP contribution in [0.5, 0.6) is 0 Å². The van der Waals surface area contributed by atoms with Gasteiger partial charge in [-0.25, -0.2) is 0 Å². The Bertz CT molecular complexity index is 1910. The van der Waals surface area contributed by atoms with E-state index in [1.54, 1.807) is 11.1 Å². The third-order valence-electron chi connectivity index (χ3n) is 12.7. The second kappa shape index (κ2) is 10.4. The van der Waals surface area contributed by atoms with Crippen LogP contribution in [-0.4, -0.2) is 4.98 Å². The van der Waals surface area contributed by atoms with Crippen molar-refractivity contribution in [1.29, 1.82) is 0 Å². The van der Waals surface area contributed by atoms with Crippen molar-refractivity contribution in [2.45, 2.75) is 118 Å². The van der Waals surface area contributed by atoms with Crippen molar-refractivity contribution in [2.75, 3.05) is 0 Å². The van der Waals surface area contributed by atoms with E-state index in [1.807, 2.05) is 0 Å². The average Bonchev–Trinajstić information content (AvgIpc) is 3.27. The highest BCUT2D eigenvalue weighted by Crippen LogP contribution is 2.58. The van der Waals surface area contributed by atoms with Gasteiger partial charge in [0, 0.05) is 34.6 Å². The molecule has 1 aliphatic heterocycles. The number of hydrogen-bond donors (Lipinski definition) is 0. The maximum absolute atomic E-state index is 5.47. The molecule has 7 rings (SSSR count). The molecule has 45 heavy (non-hydrogen) atoms. The highest BCUT2D eigenvalue weighted by atomic mass is 15.1. The summed E-state index contributed by atoms with van der Waals surface area (Å²) in [6, 6.07) is 16.6. The van der Waals surface area contributed by atoms with Crippen molar-refractivity contribution in [3.63, 3.8) is 0 Å². The first-order valence-corrected chi connectivity index (χ1v) is 17.9. The fraction of sp³-hybridized carbons (Fsp3) is 0.488. The van der Waals surface area contributed by atoms with E-state index >= 15 is 0 Å². The van der Waals surface area contributed by atoms with E-state index in [2.05, 4.69) is 135 Å². The SMILES string of the molecule is CCC(CC)C1=CC2(CC(C(CC)CC)=C1)c1cc3ccccc3c3c1-c1c4c(cc(C(C)(C)C(C)C)nc4cc[n+]12)C3(C)C. The lowest BCUT2D eigenvalue weighted by atomic mass is 9.65. The van der Waals surface area contributed by atoms with Gasteiger partial charge in [0.25, 0.3) is 0 Å². The van der Waals surface area contributed by atoms with Gasteiger partial charge in [0.05, 0.1) is 16.5 Å². The fourth-order valence-electron chi connectivity index (χ4n) is 9.16. The summed E-state index contributed by atoms with van der Waals surface area (Å²) in [5.41, 5.74) is 12.4. The van der Waals surface area contributed by atoms with Crippen LogP contribution in [0.15, 0.2) is 72.0 Å². The molecule has 234 valence electrons. The van der Waals surface area contributed by atoms with Crippen molar-refractivity contribution >= 4 is 21.7 Å². The fourth-order valence-corrected chi connectivity index (χ4v) is 9.16. The van der Waals surface area contributed by atoms with Crippen molar-refractivity contribution < 1.29 is 4.57 Å². The Morgan fingerprint density at radius 2 is 1.58 bits per heavy atom. The molecule has 0 amide bonds. The number of nitrogens with zero attached hydrogens (tertiary/aromatic N) is 2. The van der Waals surface area contributed by atoms with Crippen LogP contribution in [0, 0.1) is 17.8 Å². The van der Waals surface area contributed by atoms with Gasteiger partial charge in [-0.3, -0.25) is 4.98 Å². The lowest BCUT2D eigenvalue weighted by Crippen LogP contribution is -2.55. The average molecular weight is 598 g/mol. The first-order chi connectivity index (χ1) is 21.4. The monoisotopic (exact) mass is 597 g/mol. The van der Waals surface area contributed by atoms with Crippen molar-refractivity contribution in [1.82, 2.24) is 4.98 Å². The van der Waals surface area contributed by atoms with Crippen LogP contribution in [-0.2, 0) is 16.4 Å². The van der Waals surface area contributed by atoms with Crippen LogP contribution in [0.2, 0.25) is 0 Å². The first kappa shape index (κ1) is 30.4. The summed E-state index contributed by atoms with van der Waals surface area (Å²) in [6.07, 6.45) is 13.5. The van der Waals surface area contributed by atoms with E-state index in [-0.39, 0.29) is 16.4 Å². The van der Waals surface area contributed by atoms with Gasteiger partial charge in [0.2, 0.25) is 11.2 Å². The molecule has 3 aliphatic rings. The van der Waals surface area contributed by atoms with E-state index in [1.165, 1.54) is 75.5 Å². The maximum Gasteiger partial charge on any atom is 0.224 e. The largest absolute Gasteiger partial charge is 0.252 e. The Hall–Kier alpha value is -3.26. The number of rotatable bonds is 8. The predicted octanol–water partition coefficient (Wildman–Crippen LogP) is 11.1. The minimum absolute atomic E-state index is 0.0241. The number of aromatic nitrogens is 2. The Kier molecular flexibility index (Phi) is 7.01. The van der Waals surface area contributed by atoms with Gasteiger partial charge in [-0.2, -0.15) is 4.57 Å². The zero-order chi connectivity index (χ0) is 32.1. The van der Waals surface area contributed by atoms with Gasteiger partial charge in [0.1, 0.15) is 0 Å². The Labute approximate surface area is 271 Å². The molecule has 0 saturated carbocycles. The van der Waals surface area contributed by atoms with Crippen LogP contribution >= 0.6 is 0 Å². The van der Waals surface area contributed by atoms with E-state index < -0.39 is 0 Å². The minimum atomic E-state index is -0.240. The van der Waals surface area contributed by atoms with Gasteiger partial charge in [-0.05, 0) is 89.1 Å². The summed E-state index contributed by atoms with van der Waals surface area (Å²) in [7, 11) is 0. The third kappa shape index (κ3) is 4.06. The molecule has 0 radical (unpaired) electrons. The van der Waals surface area contributed by atoms with E-state index in [0.717, 1.165) is 11.9 Å². The maximum atomic E-state index is 5.47. The molecule has 2 heteroatoms. The van der Waals surface area contributed by atoms with Crippen molar-refractivity contribution in [3.05, 3.63) is 94.3 Å². The highest BCUT2D eigenvalue weighted by molar-refractivity contribution is 6.06. The molecular weight excluding hydrogens is 544 g/mol. The molecule has 0 N–H and O–H groups in total. The van der Waals surface area contributed by atoms with Gasteiger partial charge in [-0.15, -0.1) is 0 Å². The molecule has 2 aromatic carbocycles. The smallest absolute Gasteiger partial charge is 0.224 e. The quantitative estimate of drug-likeness (QED) is 0.185. The summed E-state index contributed by atoms with van der Waals surface area (Å²) in [6.45, 7) is 23.8. The molecule has 3 heterocycles. The number of fused-ring (bicyclic) bond motifs is 4. The molecule has 0 bridgehead atoms. The molecule has 2 aromatic heterocycles. The van der Waals surface area contributed by atoms with Crippen molar-refractivity contribution in [3.8, 4) is 11.3 Å². The summed E-state index contributed by atoms with van der Waals surface area (Å²) in [5.74, 6) is 1.66. The van der Waals surface area contributed by atoms with E-state index in [4.69, 9.17) is 4.98 Å². The summed E-state index contributed by atoms with van der Waals surface area (Å²) in [4.78, 5) is 5.47. The molecule has 0 saturated heterocycles. The predicted molar refractivity (Wildman–Crippen MR) is 191 cm³/mol. The Balaban J connectivity index is 1.65. The topological polar surface area (TPSA) is 16.8 Å². The zero-order valence-corrected chi connectivity index (χ0v) is 29.4. The molecule has 1 unspecified atom stereocenters. The van der Waals surface area contributed by atoms with Gasteiger partial charge in [0.15, 0.2) is 6.20 Å². The third-order valence-corrected chi connectivity index (χ3v) is 12.7. The van der Waals surface area contributed by atoms with Gasteiger partial charge < -0.3 is 0 Å². The molecule has 4 aromatic rings. The van der Waals surface area contributed by atoms with Crippen LogP contribution in [0.25, 0.3) is 32.9 Å². The summed E-state index contributed by atoms with van der Waals surface area (Å²) in [5, 5.41) is 4.12. The lowest BCUT2D eigenvalue weighted by Gasteiger charge is -2.36. The molecule has 0 fully saturated rings. The second-order valence-electron chi connectivity index (χ2n) is 15.7. The number of benzene rings is 2. The van der Waals surface area contributed by atoms with Crippen LogP contribution in [0.3, 0.4) is 0 Å². The second-order valence-corrected chi connectivity index (χ2v) is 15.7.